The molecule has 0 saturated carbocycles. The minimum atomic E-state index is -0.873. The fraction of sp³-hybridized carbons (Fsp3) is 0.385. The van der Waals surface area contributed by atoms with Crippen molar-refractivity contribution in [3.8, 4) is 11.8 Å². The number of carbonyl (C=O) groups excluding carboxylic acids is 1. The third-order valence-electron chi connectivity index (χ3n) is 2.17. The lowest BCUT2D eigenvalue weighted by Crippen LogP contribution is -2.42. The van der Waals surface area contributed by atoms with Gasteiger partial charge in [0.2, 0.25) is 0 Å². The Hall–Kier alpha value is -1.54. The zero-order valence-corrected chi connectivity index (χ0v) is 12.0. The zero-order chi connectivity index (χ0) is 13.6. The van der Waals surface area contributed by atoms with Crippen LogP contribution in [0, 0.1) is 11.3 Å². The molecule has 0 radical (unpaired) electrons. The van der Waals surface area contributed by atoms with Crippen molar-refractivity contribution in [1.29, 1.82) is 5.26 Å². The molecule has 0 aliphatic heterocycles. The number of nitriles is 1. The minimum absolute atomic E-state index is 0.270. The summed E-state index contributed by atoms with van der Waals surface area (Å²) in [5.74, 6) is 0.444. The second-order valence-electron chi connectivity index (χ2n) is 4.25. The van der Waals surface area contributed by atoms with Crippen LogP contribution in [0.2, 0.25) is 0 Å². The summed E-state index contributed by atoms with van der Waals surface area (Å²) < 4.78 is 5.38. The Balaban J connectivity index is 2.68. The van der Waals surface area contributed by atoms with E-state index in [1.807, 2.05) is 6.07 Å². The molecule has 0 fully saturated rings. The molecule has 1 aromatic rings. The van der Waals surface area contributed by atoms with Gasteiger partial charge in [0.25, 0.3) is 5.91 Å². The summed E-state index contributed by atoms with van der Waals surface area (Å²) in [6.45, 7) is 3.88. The van der Waals surface area contributed by atoms with E-state index in [-0.39, 0.29) is 5.91 Å². The van der Waals surface area contributed by atoms with Crippen molar-refractivity contribution >= 4 is 21.8 Å². The number of hydrogen-bond donors (Lipinski definition) is 1. The van der Waals surface area contributed by atoms with Crippen LogP contribution in [0.1, 0.15) is 24.2 Å². The van der Waals surface area contributed by atoms with Gasteiger partial charge in [0, 0.05) is 10.9 Å². The molecule has 4 nitrogen and oxygen atoms in total. The monoisotopic (exact) mass is 310 g/mol. The quantitative estimate of drug-likeness (QED) is 0.850. The Kier molecular flexibility index (Phi) is 5.17. The molecule has 1 rings (SSSR count). The van der Waals surface area contributed by atoms with E-state index in [0.717, 1.165) is 5.33 Å². The molecular formula is C13H15BrN2O2. The number of nitrogens with one attached hydrogen (secondary N) is 1. The topological polar surface area (TPSA) is 62.1 Å². The van der Waals surface area contributed by atoms with E-state index >= 15 is 0 Å². The van der Waals surface area contributed by atoms with E-state index in [1.54, 1.807) is 38.1 Å². The van der Waals surface area contributed by atoms with Gasteiger partial charge >= 0.3 is 0 Å². The number of rotatable bonds is 5. The van der Waals surface area contributed by atoms with E-state index in [4.69, 9.17) is 10.00 Å². The first-order chi connectivity index (χ1) is 8.48. The van der Waals surface area contributed by atoms with Crippen LogP contribution in [0.3, 0.4) is 0 Å². The second-order valence-corrected chi connectivity index (χ2v) is 5.05. The zero-order valence-electron chi connectivity index (χ0n) is 10.4. The van der Waals surface area contributed by atoms with Gasteiger partial charge in [-0.1, -0.05) is 15.9 Å². The molecule has 0 aliphatic carbocycles. The molecule has 0 aliphatic rings. The van der Waals surface area contributed by atoms with Crippen molar-refractivity contribution in [1.82, 2.24) is 5.32 Å². The maximum absolute atomic E-state index is 11.8. The first-order valence-electron chi connectivity index (χ1n) is 5.51. The Morgan fingerprint density at radius 2 is 2.06 bits per heavy atom. The summed E-state index contributed by atoms with van der Waals surface area (Å²) in [4.78, 5) is 11.8. The third-order valence-corrected chi connectivity index (χ3v) is 2.49. The summed E-state index contributed by atoms with van der Waals surface area (Å²) in [5.41, 5.74) is -0.369. The molecular weight excluding hydrogens is 296 g/mol. The highest BCUT2D eigenvalue weighted by Crippen LogP contribution is 2.13. The van der Waals surface area contributed by atoms with Crippen molar-refractivity contribution in [2.75, 3.05) is 11.9 Å². The number of carbonyl (C=O) groups is 1. The Morgan fingerprint density at radius 1 is 1.44 bits per heavy atom. The Morgan fingerprint density at radius 3 is 2.56 bits per heavy atom. The lowest BCUT2D eigenvalue weighted by Gasteiger charge is -2.17. The summed E-state index contributed by atoms with van der Waals surface area (Å²) in [6, 6.07) is 8.83. The molecule has 0 bridgehead atoms. The van der Waals surface area contributed by atoms with Gasteiger partial charge in [-0.2, -0.15) is 5.26 Å². The predicted octanol–water partition coefficient (Wildman–Crippen LogP) is 2.49. The number of benzene rings is 1. The van der Waals surface area contributed by atoms with E-state index in [1.165, 1.54) is 0 Å². The maximum Gasteiger partial charge on any atom is 0.252 e. The average Bonchev–Trinajstić information content (AvgIpc) is 2.36. The summed E-state index contributed by atoms with van der Waals surface area (Å²) in [7, 11) is 0. The third kappa shape index (κ3) is 4.38. The van der Waals surface area contributed by atoms with Gasteiger partial charge in [0.1, 0.15) is 11.3 Å². The van der Waals surface area contributed by atoms with Crippen LogP contribution in [0.15, 0.2) is 24.3 Å². The fourth-order valence-electron chi connectivity index (χ4n) is 1.24. The van der Waals surface area contributed by atoms with Gasteiger partial charge in [-0.15, -0.1) is 0 Å². The molecule has 5 heteroatoms. The molecule has 1 N–H and O–H groups in total. The number of alkyl halides is 1. The molecule has 0 heterocycles. The highest BCUT2D eigenvalue weighted by molar-refractivity contribution is 9.09. The number of nitrogens with zero attached hydrogens (tertiary/aromatic N) is 1. The number of halogens is 1. The molecule has 0 aromatic heterocycles. The number of amides is 1. The fourth-order valence-corrected chi connectivity index (χ4v) is 1.40. The number of ether oxygens (including phenoxy) is 1. The molecule has 1 aromatic carbocycles. The normalized spacial score (nSPS) is 10.6. The van der Waals surface area contributed by atoms with E-state index in [2.05, 4.69) is 21.2 Å². The van der Waals surface area contributed by atoms with Gasteiger partial charge in [-0.05, 0) is 38.1 Å². The summed E-state index contributed by atoms with van der Waals surface area (Å²) in [6.07, 6.45) is 0. The van der Waals surface area contributed by atoms with Crippen LogP contribution in [0.25, 0.3) is 0 Å². The maximum atomic E-state index is 11.8. The number of hydrogen-bond acceptors (Lipinski definition) is 3. The minimum Gasteiger partial charge on any atom is -0.493 e. The van der Waals surface area contributed by atoms with E-state index in [0.29, 0.717) is 17.9 Å². The van der Waals surface area contributed by atoms with Gasteiger partial charge in [-0.25, -0.2) is 0 Å². The molecule has 0 saturated heterocycles. The van der Waals surface area contributed by atoms with Crippen LogP contribution in [0.5, 0.6) is 5.75 Å². The van der Waals surface area contributed by atoms with Crippen LogP contribution in [-0.4, -0.2) is 23.4 Å². The second kappa shape index (κ2) is 6.41. The van der Waals surface area contributed by atoms with Crippen LogP contribution < -0.4 is 10.1 Å². The van der Waals surface area contributed by atoms with Gasteiger partial charge in [0.05, 0.1) is 12.7 Å². The van der Waals surface area contributed by atoms with Gasteiger partial charge in [0.15, 0.2) is 0 Å². The largest absolute Gasteiger partial charge is 0.493 e. The lowest BCUT2D eigenvalue weighted by atomic mass is 10.1. The van der Waals surface area contributed by atoms with Gasteiger partial charge in [-0.3, -0.25) is 4.79 Å². The van der Waals surface area contributed by atoms with Crippen molar-refractivity contribution in [3.63, 3.8) is 0 Å². The summed E-state index contributed by atoms with van der Waals surface area (Å²) in [5, 5.41) is 12.2. The summed E-state index contributed by atoms with van der Waals surface area (Å²) >= 11 is 3.27. The SMILES string of the molecule is CC(C)(C#N)NC(=O)c1ccc(OCCBr)cc1. The molecule has 96 valence electrons. The van der Waals surface area contributed by atoms with E-state index < -0.39 is 5.54 Å². The van der Waals surface area contributed by atoms with Gasteiger partial charge < -0.3 is 10.1 Å². The van der Waals surface area contributed by atoms with Crippen molar-refractivity contribution < 1.29 is 9.53 Å². The smallest absolute Gasteiger partial charge is 0.252 e. The van der Waals surface area contributed by atoms with Crippen LogP contribution in [0.4, 0.5) is 0 Å². The Labute approximate surface area is 115 Å². The first kappa shape index (κ1) is 14.5. The van der Waals surface area contributed by atoms with Crippen LogP contribution in [-0.2, 0) is 0 Å². The average molecular weight is 311 g/mol. The van der Waals surface area contributed by atoms with Crippen LogP contribution >= 0.6 is 15.9 Å². The standard InChI is InChI=1S/C13H15BrN2O2/c1-13(2,9-15)16-12(17)10-3-5-11(6-4-10)18-8-7-14/h3-6H,7-8H2,1-2H3,(H,16,17). The van der Waals surface area contributed by atoms with Crippen molar-refractivity contribution in [3.05, 3.63) is 29.8 Å². The highest BCUT2D eigenvalue weighted by Gasteiger charge is 2.19. The van der Waals surface area contributed by atoms with Crippen molar-refractivity contribution in [2.45, 2.75) is 19.4 Å². The molecule has 0 atom stereocenters. The Bertz CT molecular complexity index is 449. The first-order valence-corrected chi connectivity index (χ1v) is 6.63. The molecule has 0 spiro atoms. The highest BCUT2D eigenvalue weighted by atomic mass is 79.9. The predicted molar refractivity (Wildman–Crippen MR) is 72.9 cm³/mol. The molecule has 1 amide bonds. The molecule has 18 heavy (non-hydrogen) atoms. The lowest BCUT2D eigenvalue weighted by molar-refractivity contribution is 0.0929. The molecule has 0 unspecified atom stereocenters. The van der Waals surface area contributed by atoms with Crippen molar-refractivity contribution in [2.24, 2.45) is 0 Å². The van der Waals surface area contributed by atoms with E-state index in [9.17, 15) is 4.79 Å².